The summed E-state index contributed by atoms with van der Waals surface area (Å²) in [7, 11) is 3.25. The number of hydrogen-bond acceptors (Lipinski definition) is 3. The van der Waals surface area contributed by atoms with Gasteiger partial charge in [-0.05, 0) is 23.6 Å². The van der Waals surface area contributed by atoms with Gasteiger partial charge in [-0.15, -0.1) is 0 Å². The van der Waals surface area contributed by atoms with E-state index in [4.69, 9.17) is 9.47 Å². The van der Waals surface area contributed by atoms with Crippen LogP contribution >= 0.6 is 0 Å². The van der Waals surface area contributed by atoms with Gasteiger partial charge >= 0.3 is 0 Å². The molecule has 0 bridgehead atoms. The Morgan fingerprint density at radius 1 is 1.05 bits per heavy atom. The molecule has 0 radical (unpaired) electrons. The van der Waals surface area contributed by atoms with Crippen LogP contribution in [0.3, 0.4) is 0 Å². The Labute approximate surface area is 131 Å². The second-order valence-corrected chi connectivity index (χ2v) is 4.94. The second-order valence-electron chi connectivity index (χ2n) is 4.94. The fourth-order valence-electron chi connectivity index (χ4n) is 2.24. The van der Waals surface area contributed by atoms with E-state index in [2.05, 4.69) is 5.32 Å². The molecule has 4 heteroatoms. The number of methoxy groups -OCH3 is 2. The number of ether oxygens (including phenoxy) is 2. The summed E-state index contributed by atoms with van der Waals surface area (Å²) in [5.74, 6) is 1.56. The van der Waals surface area contributed by atoms with Crippen LogP contribution < -0.4 is 14.8 Å². The van der Waals surface area contributed by atoms with Crippen LogP contribution in [0.2, 0.25) is 0 Å². The summed E-state index contributed by atoms with van der Waals surface area (Å²) in [6.45, 7) is 0.578. The van der Waals surface area contributed by atoms with Crippen LogP contribution in [-0.4, -0.2) is 26.7 Å². The van der Waals surface area contributed by atoms with Gasteiger partial charge in [-0.2, -0.15) is 0 Å². The predicted molar refractivity (Wildman–Crippen MR) is 86.4 cm³/mol. The minimum Gasteiger partial charge on any atom is -0.497 e. The van der Waals surface area contributed by atoms with E-state index < -0.39 is 0 Å². The number of carbonyl (C=O) groups excluding carboxylic acids is 1. The van der Waals surface area contributed by atoms with E-state index in [1.807, 2.05) is 48.5 Å². The summed E-state index contributed by atoms with van der Waals surface area (Å²) in [5.41, 5.74) is 2.06. The molecule has 0 spiro atoms. The fraction of sp³-hybridized carbons (Fsp3) is 0.278. The Morgan fingerprint density at radius 3 is 2.50 bits per heavy atom. The Morgan fingerprint density at radius 2 is 1.82 bits per heavy atom. The largest absolute Gasteiger partial charge is 0.497 e. The molecular formula is C18H21NO3. The van der Waals surface area contributed by atoms with E-state index in [-0.39, 0.29) is 5.91 Å². The van der Waals surface area contributed by atoms with Crippen molar-refractivity contribution in [3.63, 3.8) is 0 Å². The molecule has 2 aromatic carbocycles. The molecule has 0 atom stereocenters. The fourth-order valence-corrected chi connectivity index (χ4v) is 2.24. The zero-order valence-corrected chi connectivity index (χ0v) is 13.0. The Hall–Kier alpha value is -2.49. The summed E-state index contributed by atoms with van der Waals surface area (Å²) < 4.78 is 10.5. The molecule has 2 rings (SSSR count). The standard InChI is InChI=1S/C18H21NO3/c1-21-16-9-8-15(17(13-16)22-2)10-11-19-18(20)12-14-6-4-3-5-7-14/h3-9,13H,10-12H2,1-2H3,(H,19,20). The van der Waals surface area contributed by atoms with Gasteiger partial charge in [0.25, 0.3) is 0 Å². The minimum absolute atomic E-state index is 0.0266. The number of hydrogen-bond donors (Lipinski definition) is 1. The first-order valence-electron chi connectivity index (χ1n) is 7.24. The first kappa shape index (κ1) is 15.9. The van der Waals surface area contributed by atoms with Gasteiger partial charge in [0.2, 0.25) is 5.91 Å². The van der Waals surface area contributed by atoms with E-state index in [9.17, 15) is 4.79 Å². The van der Waals surface area contributed by atoms with Crippen LogP contribution in [0.1, 0.15) is 11.1 Å². The Bertz CT molecular complexity index is 611. The zero-order chi connectivity index (χ0) is 15.8. The lowest BCUT2D eigenvalue weighted by Crippen LogP contribution is -2.27. The first-order valence-corrected chi connectivity index (χ1v) is 7.24. The molecule has 0 saturated carbocycles. The third-order valence-corrected chi connectivity index (χ3v) is 3.42. The normalized spacial score (nSPS) is 10.1. The maximum absolute atomic E-state index is 11.9. The SMILES string of the molecule is COc1ccc(CCNC(=O)Cc2ccccc2)c(OC)c1. The van der Waals surface area contributed by atoms with E-state index in [1.54, 1.807) is 14.2 Å². The van der Waals surface area contributed by atoms with Crippen LogP contribution in [0.4, 0.5) is 0 Å². The predicted octanol–water partition coefficient (Wildman–Crippen LogP) is 2.61. The van der Waals surface area contributed by atoms with Gasteiger partial charge in [-0.1, -0.05) is 36.4 Å². The average molecular weight is 299 g/mol. The van der Waals surface area contributed by atoms with E-state index in [0.717, 1.165) is 22.6 Å². The zero-order valence-electron chi connectivity index (χ0n) is 13.0. The molecule has 0 unspecified atom stereocenters. The van der Waals surface area contributed by atoms with Gasteiger partial charge in [0.15, 0.2) is 0 Å². The van der Waals surface area contributed by atoms with Gasteiger partial charge in [-0.3, -0.25) is 4.79 Å². The highest BCUT2D eigenvalue weighted by Crippen LogP contribution is 2.24. The molecule has 0 aromatic heterocycles. The summed E-state index contributed by atoms with van der Waals surface area (Å²) in [4.78, 5) is 11.9. The van der Waals surface area contributed by atoms with E-state index in [0.29, 0.717) is 19.4 Å². The molecule has 1 amide bonds. The highest BCUT2D eigenvalue weighted by Gasteiger charge is 2.06. The van der Waals surface area contributed by atoms with E-state index in [1.165, 1.54) is 0 Å². The summed E-state index contributed by atoms with van der Waals surface area (Å²) in [5, 5.41) is 2.93. The molecule has 0 aliphatic rings. The highest BCUT2D eigenvalue weighted by molar-refractivity contribution is 5.78. The van der Waals surface area contributed by atoms with E-state index >= 15 is 0 Å². The number of rotatable bonds is 7. The number of benzene rings is 2. The van der Waals surface area contributed by atoms with Crippen LogP contribution in [0.15, 0.2) is 48.5 Å². The van der Waals surface area contributed by atoms with Gasteiger partial charge in [-0.25, -0.2) is 0 Å². The summed E-state index contributed by atoms with van der Waals surface area (Å²) in [6, 6.07) is 15.4. The maximum atomic E-state index is 11.9. The molecule has 0 aliphatic carbocycles. The lowest BCUT2D eigenvalue weighted by atomic mass is 10.1. The van der Waals surface area contributed by atoms with Crippen molar-refractivity contribution >= 4 is 5.91 Å². The van der Waals surface area contributed by atoms with Crippen molar-refractivity contribution < 1.29 is 14.3 Å². The average Bonchev–Trinajstić information content (AvgIpc) is 2.56. The molecule has 0 saturated heterocycles. The molecule has 4 nitrogen and oxygen atoms in total. The van der Waals surface area contributed by atoms with Crippen molar-refractivity contribution in [2.24, 2.45) is 0 Å². The van der Waals surface area contributed by atoms with Crippen molar-refractivity contribution in [1.29, 1.82) is 0 Å². The van der Waals surface area contributed by atoms with Gasteiger partial charge < -0.3 is 14.8 Å². The molecule has 1 N–H and O–H groups in total. The quantitative estimate of drug-likeness (QED) is 0.855. The third-order valence-electron chi connectivity index (χ3n) is 3.42. The minimum atomic E-state index is 0.0266. The van der Waals surface area contributed by atoms with Crippen LogP contribution in [0, 0.1) is 0 Å². The topological polar surface area (TPSA) is 47.6 Å². The van der Waals surface area contributed by atoms with Crippen molar-refractivity contribution in [1.82, 2.24) is 5.32 Å². The van der Waals surface area contributed by atoms with Crippen molar-refractivity contribution in [3.05, 3.63) is 59.7 Å². The molecule has 0 aliphatic heterocycles. The maximum Gasteiger partial charge on any atom is 0.224 e. The Balaban J connectivity index is 1.84. The Kier molecular flexibility index (Phi) is 5.83. The van der Waals surface area contributed by atoms with Gasteiger partial charge in [0.1, 0.15) is 11.5 Å². The molecule has 22 heavy (non-hydrogen) atoms. The van der Waals surface area contributed by atoms with Crippen molar-refractivity contribution in [2.75, 3.05) is 20.8 Å². The molecule has 2 aromatic rings. The monoisotopic (exact) mass is 299 g/mol. The highest BCUT2D eigenvalue weighted by atomic mass is 16.5. The van der Waals surface area contributed by atoms with Crippen LogP contribution in [0.25, 0.3) is 0 Å². The molecule has 0 fully saturated rings. The third kappa shape index (κ3) is 4.52. The smallest absolute Gasteiger partial charge is 0.224 e. The molecule has 0 heterocycles. The number of carbonyl (C=O) groups is 1. The number of nitrogens with one attached hydrogen (secondary N) is 1. The van der Waals surface area contributed by atoms with Crippen molar-refractivity contribution in [3.8, 4) is 11.5 Å². The van der Waals surface area contributed by atoms with Crippen LogP contribution in [0.5, 0.6) is 11.5 Å². The summed E-state index contributed by atoms with van der Waals surface area (Å²) >= 11 is 0. The first-order chi connectivity index (χ1) is 10.7. The van der Waals surface area contributed by atoms with Crippen LogP contribution in [-0.2, 0) is 17.6 Å². The van der Waals surface area contributed by atoms with Gasteiger partial charge in [0.05, 0.1) is 20.6 Å². The van der Waals surface area contributed by atoms with Crippen molar-refractivity contribution in [2.45, 2.75) is 12.8 Å². The number of amides is 1. The van der Waals surface area contributed by atoms with Gasteiger partial charge in [0, 0.05) is 12.6 Å². The lowest BCUT2D eigenvalue weighted by Gasteiger charge is -2.11. The molecular weight excluding hydrogens is 278 g/mol. The summed E-state index contributed by atoms with van der Waals surface area (Å²) in [6.07, 6.45) is 1.12. The lowest BCUT2D eigenvalue weighted by molar-refractivity contribution is -0.120. The second kappa shape index (κ2) is 8.08. The molecule has 116 valence electrons.